The fourth-order valence-electron chi connectivity index (χ4n) is 3.89. The quantitative estimate of drug-likeness (QED) is 0.604. The zero-order chi connectivity index (χ0) is 20.0. The molecular weight excluding hydrogens is 374 g/mol. The normalized spacial score (nSPS) is 16.1. The maximum atomic E-state index is 13.4. The summed E-state index contributed by atoms with van der Waals surface area (Å²) in [4.78, 5) is 28.2. The van der Waals surface area contributed by atoms with Crippen LogP contribution in [0.2, 0.25) is 5.02 Å². The van der Waals surface area contributed by atoms with E-state index in [0.29, 0.717) is 28.1 Å². The van der Waals surface area contributed by atoms with Crippen molar-refractivity contribution >= 4 is 28.5 Å². The van der Waals surface area contributed by atoms with Gasteiger partial charge in [-0.15, -0.1) is 0 Å². The molecule has 1 aromatic heterocycles. The maximum Gasteiger partial charge on any atom is 0.290 e. The molecule has 3 aromatic rings. The van der Waals surface area contributed by atoms with Crippen LogP contribution in [-0.2, 0) is 6.42 Å². The third-order valence-electron chi connectivity index (χ3n) is 5.42. The number of hydrogen-bond acceptors (Lipinski definition) is 3. The summed E-state index contributed by atoms with van der Waals surface area (Å²) in [6.45, 7) is 6.51. The van der Waals surface area contributed by atoms with Crippen LogP contribution in [0.3, 0.4) is 0 Å². The zero-order valence-electron chi connectivity index (χ0n) is 16.2. The Labute approximate surface area is 168 Å². The number of amides is 1. The molecule has 5 heteroatoms. The van der Waals surface area contributed by atoms with E-state index < -0.39 is 6.04 Å². The van der Waals surface area contributed by atoms with Crippen molar-refractivity contribution in [3.8, 4) is 0 Å². The average Bonchev–Trinajstić information content (AvgIpc) is 2.96. The number of rotatable bonds is 4. The molecule has 0 aliphatic carbocycles. The van der Waals surface area contributed by atoms with Gasteiger partial charge in [0.15, 0.2) is 5.43 Å². The minimum atomic E-state index is -0.436. The molecular formula is C23H22ClNO3. The standard InChI is InChI=1S/C23H22ClNO3/c1-4-10-25-20(15-8-6-14(5-2)7-9-15)19-21(26)16-12-17(24)13(3)11-18(16)28-22(19)23(25)27/h6-9,11-12,20H,4-5,10H2,1-3H3. The summed E-state index contributed by atoms with van der Waals surface area (Å²) in [5.74, 6) is -0.0785. The highest BCUT2D eigenvalue weighted by atomic mass is 35.5. The number of halogens is 1. The molecule has 1 aliphatic rings. The topological polar surface area (TPSA) is 50.5 Å². The van der Waals surface area contributed by atoms with Crippen molar-refractivity contribution in [1.82, 2.24) is 4.90 Å². The lowest BCUT2D eigenvalue weighted by Crippen LogP contribution is -2.30. The largest absolute Gasteiger partial charge is 0.450 e. The van der Waals surface area contributed by atoms with Crippen LogP contribution >= 0.6 is 11.6 Å². The van der Waals surface area contributed by atoms with E-state index in [9.17, 15) is 9.59 Å². The second-order valence-electron chi connectivity index (χ2n) is 7.27. The molecule has 0 spiro atoms. The number of benzene rings is 2. The first-order valence-corrected chi connectivity index (χ1v) is 10.0. The van der Waals surface area contributed by atoms with Gasteiger partial charge in [0.1, 0.15) is 5.58 Å². The summed E-state index contributed by atoms with van der Waals surface area (Å²) >= 11 is 6.25. The van der Waals surface area contributed by atoms with Crippen molar-refractivity contribution in [2.75, 3.05) is 6.54 Å². The summed E-state index contributed by atoms with van der Waals surface area (Å²) in [5, 5.41) is 0.925. The Morgan fingerprint density at radius 2 is 1.82 bits per heavy atom. The minimum Gasteiger partial charge on any atom is -0.450 e. The van der Waals surface area contributed by atoms with Crippen LogP contribution in [0.15, 0.2) is 45.6 Å². The van der Waals surface area contributed by atoms with Gasteiger partial charge in [0, 0.05) is 11.6 Å². The van der Waals surface area contributed by atoms with Gasteiger partial charge in [-0.3, -0.25) is 9.59 Å². The number of aryl methyl sites for hydroxylation is 2. The molecule has 0 saturated heterocycles. The number of carbonyl (C=O) groups is 1. The van der Waals surface area contributed by atoms with Crippen LogP contribution in [0, 0.1) is 6.92 Å². The van der Waals surface area contributed by atoms with Gasteiger partial charge < -0.3 is 9.32 Å². The van der Waals surface area contributed by atoms with Crippen molar-refractivity contribution in [2.45, 2.75) is 39.7 Å². The van der Waals surface area contributed by atoms with Crippen molar-refractivity contribution in [2.24, 2.45) is 0 Å². The summed E-state index contributed by atoms with van der Waals surface area (Å²) in [7, 11) is 0. The van der Waals surface area contributed by atoms with Gasteiger partial charge in [-0.05, 0) is 48.6 Å². The lowest BCUT2D eigenvalue weighted by atomic mass is 9.97. The Morgan fingerprint density at radius 3 is 2.46 bits per heavy atom. The molecule has 4 rings (SSSR count). The molecule has 0 bridgehead atoms. The molecule has 1 atom stereocenters. The lowest BCUT2D eigenvalue weighted by molar-refractivity contribution is 0.0728. The maximum absolute atomic E-state index is 13.4. The molecule has 1 amide bonds. The third kappa shape index (κ3) is 2.83. The molecule has 0 N–H and O–H groups in total. The van der Waals surface area contributed by atoms with E-state index in [1.807, 2.05) is 38.1 Å². The Balaban J connectivity index is 1.98. The predicted molar refractivity (Wildman–Crippen MR) is 111 cm³/mol. The average molecular weight is 396 g/mol. The summed E-state index contributed by atoms with van der Waals surface area (Å²) < 4.78 is 5.96. The van der Waals surface area contributed by atoms with Gasteiger partial charge in [0.25, 0.3) is 5.91 Å². The first-order valence-electron chi connectivity index (χ1n) is 9.62. The summed E-state index contributed by atoms with van der Waals surface area (Å²) in [6.07, 6.45) is 1.73. The van der Waals surface area contributed by atoms with E-state index in [2.05, 4.69) is 6.92 Å². The third-order valence-corrected chi connectivity index (χ3v) is 5.82. The van der Waals surface area contributed by atoms with E-state index in [1.165, 1.54) is 5.56 Å². The van der Waals surface area contributed by atoms with E-state index >= 15 is 0 Å². The van der Waals surface area contributed by atoms with Crippen LogP contribution in [0.25, 0.3) is 11.0 Å². The SMILES string of the molecule is CCCN1C(=O)c2oc3cc(C)c(Cl)cc3c(=O)c2C1c1ccc(CC)cc1. The number of nitrogens with zero attached hydrogens (tertiary/aromatic N) is 1. The molecule has 1 unspecified atom stereocenters. The smallest absolute Gasteiger partial charge is 0.290 e. The first-order chi connectivity index (χ1) is 13.5. The highest BCUT2D eigenvalue weighted by Gasteiger charge is 2.42. The molecule has 1 aliphatic heterocycles. The van der Waals surface area contributed by atoms with Crippen LogP contribution in [0.4, 0.5) is 0 Å². The minimum absolute atomic E-state index is 0.150. The van der Waals surface area contributed by atoms with Gasteiger partial charge in [0.2, 0.25) is 5.76 Å². The second-order valence-corrected chi connectivity index (χ2v) is 7.67. The summed E-state index contributed by atoms with van der Waals surface area (Å²) in [6, 6.07) is 11.0. The molecule has 0 saturated carbocycles. The molecule has 0 fully saturated rings. The first kappa shape index (κ1) is 18.8. The van der Waals surface area contributed by atoms with Gasteiger partial charge in [-0.2, -0.15) is 0 Å². The predicted octanol–water partition coefficient (Wildman–Crippen LogP) is 5.27. The summed E-state index contributed by atoms with van der Waals surface area (Å²) in [5.41, 5.74) is 3.56. The monoisotopic (exact) mass is 395 g/mol. The van der Waals surface area contributed by atoms with Crippen LogP contribution in [0.5, 0.6) is 0 Å². The molecule has 28 heavy (non-hydrogen) atoms. The van der Waals surface area contributed by atoms with Gasteiger partial charge >= 0.3 is 0 Å². The van der Waals surface area contributed by atoms with Crippen LogP contribution < -0.4 is 5.43 Å². The van der Waals surface area contributed by atoms with E-state index in [4.69, 9.17) is 16.0 Å². The Bertz CT molecular complexity index is 1130. The molecule has 4 nitrogen and oxygen atoms in total. The Morgan fingerprint density at radius 1 is 1.11 bits per heavy atom. The van der Waals surface area contributed by atoms with Crippen molar-refractivity contribution in [3.63, 3.8) is 0 Å². The molecule has 144 valence electrons. The fourth-order valence-corrected chi connectivity index (χ4v) is 4.06. The van der Waals surface area contributed by atoms with Crippen molar-refractivity contribution in [1.29, 1.82) is 0 Å². The Kier molecular flexibility index (Phi) is 4.76. The van der Waals surface area contributed by atoms with E-state index in [1.54, 1.807) is 17.0 Å². The van der Waals surface area contributed by atoms with Gasteiger partial charge in [0.05, 0.1) is 17.0 Å². The van der Waals surface area contributed by atoms with Gasteiger partial charge in [-0.1, -0.05) is 49.7 Å². The van der Waals surface area contributed by atoms with Crippen LogP contribution in [-0.4, -0.2) is 17.4 Å². The number of fused-ring (bicyclic) bond motifs is 2. The highest BCUT2D eigenvalue weighted by molar-refractivity contribution is 6.32. The van der Waals surface area contributed by atoms with Crippen LogP contribution in [0.1, 0.15) is 59.1 Å². The number of hydrogen-bond donors (Lipinski definition) is 0. The zero-order valence-corrected chi connectivity index (χ0v) is 17.0. The number of carbonyl (C=O) groups excluding carboxylic acids is 1. The Hall–Kier alpha value is -2.59. The van der Waals surface area contributed by atoms with E-state index in [0.717, 1.165) is 24.0 Å². The lowest BCUT2D eigenvalue weighted by Gasteiger charge is -2.24. The molecule has 2 aromatic carbocycles. The van der Waals surface area contributed by atoms with Crippen molar-refractivity contribution in [3.05, 3.63) is 79.7 Å². The molecule has 2 heterocycles. The fraction of sp³-hybridized carbons (Fsp3) is 0.304. The van der Waals surface area contributed by atoms with Crippen molar-refractivity contribution < 1.29 is 9.21 Å². The second kappa shape index (κ2) is 7.10. The highest BCUT2D eigenvalue weighted by Crippen LogP contribution is 2.38. The van der Waals surface area contributed by atoms with E-state index in [-0.39, 0.29) is 17.1 Å². The van der Waals surface area contributed by atoms with Gasteiger partial charge in [-0.25, -0.2) is 0 Å². The molecule has 0 radical (unpaired) electrons.